The van der Waals surface area contributed by atoms with Crippen LogP contribution in [0.2, 0.25) is 0 Å². The van der Waals surface area contributed by atoms with E-state index in [0.717, 1.165) is 22.4 Å². The minimum atomic E-state index is -0.462. The SMILES string of the molecule is Cc1ccc(C(C)C)c(OCCOc2ccccc2C=C(C#N)C(=O)Nc2ccccc2C)c1. The van der Waals surface area contributed by atoms with Crippen molar-refractivity contribution in [1.82, 2.24) is 0 Å². The van der Waals surface area contributed by atoms with Crippen molar-refractivity contribution < 1.29 is 14.3 Å². The number of nitriles is 1. The predicted octanol–water partition coefficient (Wildman–Crippen LogP) is 6.43. The van der Waals surface area contributed by atoms with Crippen molar-refractivity contribution in [3.05, 3.63) is 94.6 Å². The van der Waals surface area contributed by atoms with E-state index in [1.165, 1.54) is 0 Å². The molecule has 0 saturated heterocycles. The fraction of sp³-hybridized carbons (Fsp3) is 0.241. The van der Waals surface area contributed by atoms with Gasteiger partial charge in [0, 0.05) is 11.3 Å². The van der Waals surface area contributed by atoms with Gasteiger partial charge in [-0.05, 0) is 60.7 Å². The molecule has 0 radical (unpaired) electrons. The Bertz CT molecular complexity index is 1220. The highest BCUT2D eigenvalue weighted by Crippen LogP contribution is 2.28. The maximum absolute atomic E-state index is 12.7. The number of aryl methyl sites for hydroxylation is 2. The molecular weight excluding hydrogens is 424 g/mol. The van der Waals surface area contributed by atoms with Gasteiger partial charge in [0.05, 0.1) is 0 Å². The van der Waals surface area contributed by atoms with Gasteiger partial charge in [0.25, 0.3) is 5.91 Å². The quantitative estimate of drug-likeness (QED) is 0.230. The monoisotopic (exact) mass is 454 g/mol. The van der Waals surface area contributed by atoms with Crippen LogP contribution in [0.4, 0.5) is 5.69 Å². The highest BCUT2D eigenvalue weighted by Gasteiger charge is 2.13. The molecule has 34 heavy (non-hydrogen) atoms. The first-order valence-electron chi connectivity index (χ1n) is 11.3. The summed E-state index contributed by atoms with van der Waals surface area (Å²) >= 11 is 0. The summed E-state index contributed by atoms with van der Waals surface area (Å²) in [5.41, 5.74) is 4.55. The molecule has 5 heteroatoms. The van der Waals surface area contributed by atoms with Crippen LogP contribution in [0.1, 0.15) is 42.0 Å². The van der Waals surface area contributed by atoms with Gasteiger partial charge in [0.1, 0.15) is 36.4 Å². The molecule has 0 aromatic heterocycles. The lowest BCUT2D eigenvalue weighted by Crippen LogP contribution is -2.14. The zero-order chi connectivity index (χ0) is 24.5. The molecule has 0 aliphatic carbocycles. The van der Waals surface area contributed by atoms with E-state index in [2.05, 4.69) is 31.3 Å². The lowest BCUT2D eigenvalue weighted by molar-refractivity contribution is -0.112. The van der Waals surface area contributed by atoms with Crippen molar-refractivity contribution in [2.75, 3.05) is 18.5 Å². The lowest BCUT2D eigenvalue weighted by atomic mass is 10.0. The third-order valence-corrected chi connectivity index (χ3v) is 5.37. The summed E-state index contributed by atoms with van der Waals surface area (Å²) in [6.07, 6.45) is 1.54. The molecule has 0 atom stereocenters. The van der Waals surface area contributed by atoms with E-state index in [-0.39, 0.29) is 5.57 Å². The summed E-state index contributed by atoms with van der Waals surface area (Å²) in [4.78, 5) is 12.7. The molecule has 0 bridgehead atoms. The minimum Gasteiger partial charge on any atom is -0.490 e. The van der Waals surface area contributed by atoms with Gasteiger partial charge in [0.2, 0.25) is 0 Å². The Morgan fingerprint density at radius 1 is 0.971 bits per heavy atom. The Morgan fingerprint density at radius 3 is 2.35 bits per heavy atom. The number of ether oxygens (including phenoxy) is 2. The van der Waals surface area contributed by atoms with Crippen LogP contribution < -0.4 is 14.8 Å². The van der Waals surface area contributed by atoms with Crippen molar-refractivity contribution in [2.45, 2.75) is 33.6 Å². The minimum absolute atomic E-state index is 0.00288. The van der Waals surface area contributed by atoms with Crippen LogP contribution in [0.5, 0.6) is 11.5 Å². The molecule has 5 nitrogen and oxygen atoms in total. The van der Waals surface area contributed by atoms with Gasteiger partial charge < -0.3 is 14.8 Å². The van der Waals surface area contributed by atoms with E-state index < -0.39 is 5.91 Å². The Morgan fingerprint density at radius 2 is 1.65 bits per heavy atom. The fourth-order valence-corrected chi connectivity index (χ4v) is 3.48. The first kappa shape index (κ1) is 24.6. The second kappa shape index (κ2) is 11.7. The second-order valence-electron chi connectivity index (χ2n) is 8.37. The van der Waals surface area contributed by atoms with Gasteiger partial charge >= 0.3 is 0 Å². The molecule has 0 aliphatic rings. The van der Waals surface area contributed by atoms with Gasteiger partial charge in [-0.25, -0.2) is 0 Å². The van der Waals surface area contributed by atoms with Gasteiger partial charge in [-0.3, -0.25) is 4.79 Å². The van der Waals surface area contributed by atoms with Gasteiger partial charge in [-0.15, -0.1) is 0 Å². The smallest absolute Gasteiger partial charge is 0.266 e. The number of anilines is 1. The zero-order valence-corrected chi connectivity index (χ0v) is 20.1. The van der Waals surface area contributed by atoms with Crippen LogP contribution in [0, 0.1) is 25.2 Å². The number of benzene rings is 3. The van der Waals surface area contributed by atoms with Crippen LogP contribution in [0.25, 0.3) is 6.08 Å². The van der Waals surface area contributed by atoms with E-state index in [4.69, 9.17) is 9.47 Å². The second-order valence-corrected chi connectivity index (χ2v) is 8.37. The Labute approximate surface area is 201 Å². The van der Waals surface area contributed by atoms with Gasteiger partial charge in [0.15, 0.2) is 0 Å². The summed E-state index contributed by atoms with van der Waals surface area (Å²) in [6.45, 7) is 8.92. The number of para-hydroxylation sites is 2. The molecule has 0 spiro atoms. The summed E-state index contributed by atoms with van der Waals surface area (Å²) in [6, 6.07) is 23.0. The number of carbonyl (C=O) groups is 1. The Kier molecular flexibility index (Phi) is 8.48. The van der Waals surface area contributed by atoms with E-state index >= 15 is 0 Å². The van der Waals surface area contributed by atoms with Crippen LogP contribution >= 0.6 is 0 Å². The van der Waals surface area contributed by atoms with E-state index in [1.54, 1.807) is 12.1 Å². The van der Waals surface area contributed by atoms with E-state index in [1.807, 2.05) is 68.4 Å². The average molecular weight is 455 g/mol. The largest absolute Gasteiger partial charge is 0.490 e. The number of amides is 1. The van der Waals surface area contributed by atoms with Crippen LogP contribution in [0.15, 0.2) is 72.3 Å². The molecule has 3 aromatic rings. The van der Waals surface area contributed by atoms with Crippen LogP contribution in [-0.4, -0.2) is 19.1 Å². The van der Waals surface area contributed by atoms with Gasteiger partial charge in [-0.1, -0.05) is 62.4 Å². The number of nitrogens with zero attached hydrogens (tertiary/aromatic N) is 1. The number of nitrogens with one attached hydrogen (secondary N) is 1. The first-order chi connectivity index (χ1) is 16.4. The summed E-state index contributed by atoms with van der Waals surface area (Å²) in [5, 5.41) is 12.4. The maximum atomic E-state index is 12.7. The summed E-state index contributed by atoms with van der Waals surface area (Å²) in [5.74, 6) is 1.34. The molecule has 1 amide bonds. The molecule has 0 saturated carbocycles. The Balaban J connectivity index is 1.68. The molecule has 1 N–H and O–H groups in total. The molecule has 0 aliphatic heterocycles. The first-order valence-corrected chi connectivity index (χ1v) is 11.3. The molecule has 0 unspecified atom stereocenters. The maximum Gasteiger partial charge on any atom is 0.266 e. The van der Waals surface area contributed by atoms with Crippen molar-refractivity contribution in [1.29, 1.82) is 5.26 Å². The third-order valence-electron chi connectivity index (χ3n) is 5.37. The normalized spacial score (nSPS) is 11.1. The average Bonchev–Trinajstić information content (AvgIpc) is 2.82. The van der Waals surface area contributed by atoms with Crippen molar-refractivity contribution in [2.24, 2.45) is 0 Å². The molecule has 174 valence electrons. The predicted molar refractivity (Wildman–Crippen MR) is 136 cm³/mol. The zero-order valence-electron chi connectivity index (χ0n) is 20.1. The standard InChI is InChI=1S/C29H30N2O3/c1-20(2)25-14-13-21(3)17-28(25)34-16-15-33-27-12-8-6-10-23(27)18-24(19-30)29(32)31-26-11-7-5-9-22(26)4/h5-14,17-18,20H,15-16H2,1-4H3,(H,31,32). The Hall–Kier alpha value is -4.04. The summed E-state index contributed by atoms with van der Waals surface area (Å²) in [7, 11) is 0. The van der Waals surface area contributed by atoms with Crippen molar-refractivity contribution in [3.8, 4) is 17.6 Å². The van der Waals surface area contributed by atoms with Crippen LogP contribution in [-0.2, 0) is 4.79 Å². The highest BCUT2D eigenvalue weighted by atomic mass is 16.5. The molecule has 3 aromatic carbocycles. The highest BCUT2D eigenvalue weighted by molar-refractivity contribution is 6.10. The number of rotatable bonds is 9. The van der Waals surface area contributed by atoms with Crippen molar-refractivity contribution in [3.63, 3.8) is 0 Å². The lowest BCUT2D eigenvalue weighted by Gasteiger charge is -2.15. The van der Waals surface area contributed by atoms with Gasteiger partial charge in [-0.2, -0.15) is 5.26 Å². The topological polar surface area (TPSA) is 71.3 Å². The number of hydrogen-bond acceptors (Lipinski definition) is 4. The van der Waals surface area contributed by atoms with E-state index in [0.29, 0.717) is 36.1 Å². The third kappa shape index (κ3) is 6.49. The summed E-state index contributed by atoms with van der Waals surface area (Å²) < 4.78 is 11.9. The fourth-order valence-electron chi connectivity index (χ4n) is 3.48. The van der Waals surface area contributed by atoms with Crippen molar-refractivity contribution >= 4 is 17.7 Å². The van der Waals surface area contributed by atoms with Crippen LogP contribution in [0.3, 0.4) is 0 Å². The molecule has 3 rings (SSSR count). The number of hydrogen-bond donors (Lipinski definition) is 1. The molecule has 0 fully saturated rings. The van der Waals surface area contributed by atoms with E-state index in [9.17, 15) is 10.1 Å². The number of carbonyl (C=O) groups excluding carboxylic acids is 1. The molecular formula is C29H30N2O3. The molecule has 0 heterocycles.